The zero-order valence-electron chi connectivity index (χ0n) is 14.3. The van der Waals surface area contributed by atoms with Crippen LogP contribution in [0.1, 0.15) is 12.8 Å². The summed E-state index contributed by atoms with van der Waals surface area (Å²) in [5.74, 6) is 1.70. The lowest BCUT2D eigenvalue weighted by molar-refractivity contribution is 0.128. The van der Waals surface area contributed by atoms with Crippen molar-refractivity contribution in [1.82, 2.24) is 14.5 Å². The van der Waals surface area contributed by atoms with Crippen LogP contribution in [0.2, 0.25) is 0 Å². The lowest BCUT2D eigenvalue weighted by Gasteiger charge is -2.32. The molecule has 5 nitrogen and oxygen atoms in total. The predicted molar refractivity (Wildman–Crippen MR) is 95.8 cm³/mol. The first-order valence-corrected chi connectivity index (χ1v) is 8.74. The number of hydrogen-bond donors (Lipinski definition) is 0. The van der Waals surface area contributed by atoms with Crippen molar-refractivity contribution in [2.24, 2.45) is 0 Å². The maximum Gasteiger partial charge on any atom is 0.256 e. The topological polar surface area (TPSA) is 43.2 Å². The number of ether oxygens (including phenoxy) is 1. The van der Waals surface area contributed by atoms with E-state index in [2.05, 4.69) is 14.9 Å². The molecule has 3 heterocycles. The Morgan fingerprint density at radius 3 is 2.73 bits per heavy atom. The molecule has 0 bridgehead atoms. The highest BCUT2D eigenvalue weighted by molar-refractivity contribution is 5.86. The highest BCUT2D eigenvalue weighted by atomic mass is 19.3. The fraction of sp³-hybridized carbons (Fsp3) is 0.368. The van der Waals surface area contributed by atoms with Gasteiger partial charge in [-0.2, -0.15) is 0 Å². The summed E-state index contributed by atoms with van der Waals surface area (Å²) >= 11 is 0. The van der Waals surface area contributed by atoms with E-state index >= 15 is 0 Å². The predicted octanol–water partition coefficient (Wildman–Crippen LogP) is 3.74. The Bertz CT molecular complexity index is 860. The second-order valence-corrected chi connectivity index (χ2v) is 6.42. The van der Waals surface area contributed by atoms with Gasteiger partial charge in [-0.1, -0.05) is 6.07 Å². The lowest BCUT2D eigenvalue weighted by atomic mass is 10.1. The van der Waals surface area contributed by atoms with Crippen LogP contribution in [0.15, 0.2) is 49.1 Å². The molecule has 26 heavy (non-hydrogen) atoms. The van der Waals surface area contributed by atoms with Crippen LogP contribution in [0.25, 0.3) is 10.9 Å². The minimum Gasteiger partial charge on any atom is -0.490 e. The van der Waals surface area contributed by atoms with Crippen LogP contribution in [0.3, 0.4) is 0 Å². The van der Waals surface area contributed by atoms with Gasteiger partial charge in [0.15, 0.2) is 0 Å². The third kappa shape index (κ3) is 3.47. The molecule has 1 aliphatic heterocycles. The molecule has 2 aromatic heterocycles. The van der Waals surface area contributed by atoms with Gasteiger partial charge in [0.25, 0.3) is 6.43 Å². The van der Waals surface area contributed by atoms with E-state index in [0.29, 0.717) is 0 Å². The summed E-state index contributed by atoms with van der Waals surface area (Å²) < 4.78 is 33.2. The van der Waals surface area contributed by atoms with Crippen molar-refractivity contribution < 1.29 is 13.5 Å². The van der Waals surface area contributed by atoms with Gasteiger partial charge < -0.3 is 14.2 Å². The maximum atomic E-state index is 12.7. The summed E-state index contributed by atoms with van der Waals surface area (Å²) in [6.45, 7) is 1.43. The van der Waals surface area contributed by atoms with Gasteiger partial charge in [-0.15, -0.1) is 0 Å². The van der Waals surface area contributed by atoms with Gasteiger partial charge in [0, 0.05) is 43.7 Å². The number of rotatable bonds is 5. The normalized spacial score (nSPS) is 15.7. The molecule has 7 heteroatoms. The van der Waals surface area contributed by atoms with Crippen LogP contribution in [0, 0.1) is 0 Å². The molecule has 1 fully saturated rings. The number of hydrogen-bond acceptors (Lipinski definition) is 4. The molecule has 0 unspecified atom stereocenters. The molecular weight excluding hydrogens is 338 g/mol. The summed E-state index contributed by atoms with van der Waals surface area (Å²) in [7, 11) is 0. The molecular formula is C19H20F2N4O. The van der Waals surface area contributed by atoms with Gasteiger partial charge in [0.1, 0.15) is 24.0 Å². The van der Waals surface area contributed by atoms with Crippen molar-refractivity contribution in [3.05, 3.63) is 49.1 Å². The molecule has 0 atom stereocenters. The third-order valence-electron chi connectivity index (χ3n) is 4.73. The molecule has 0 N–H and O–H groups in total. The molecule has 0 saturated carbocycles. The third-order valence-corrected chi connectivity index (χ3v) is 4.73. The molecule has 1 aromatic carbocycles. The molecule has 3 aromatic rings. The first kappa shape index (κ1) is 16.8. The van der Waals surface area contributed by atoms with Gasteiger partial charge in [0.05, 0.1) is 12.1 Å². The summed E-state index contributed by atoms with van der Waals surface area (Å²) in [5.41, 5.74) is 0.779. The summed E-state index contributed by atoms with van der Waals surface area (Å²) in [6, 6.07) is 9.38. The van der Waals surface area contributed by atoms with E-state index in [-0.39, 0.29) is 12.6 Å². The summed E-state index contributed by atoms with van der Waals surface area (Å²) in [5, 5.41) is 0.881. The second-order valence-electron chi connectivity index (χ2n) is 6.42. The minimum atomic E-state index is -2.37. The number of fused-ring (bicyclic) bond motifs is 1. The van der Waals surface area contributed by atoms with Crippen molar-refractivity contribution in [3.63, 3.8) is 0 Å². The molecule has 136 valence electrons. The van der Waals surface area contributed by atoms with Gasteiger partial charge in [-0.05, 0) is 24.3 Å². The largest absolute Gasteiger partial charge is 0.490 e. The van der Waals surface area contributed by atoms with E-state index in [4.69, 9.17) is 4.74 Å². The number of anilines is 1. The lowest BCUT2D eigenvalue weighted by Crippen LogP contribution is -2.38. The molecule has 1 aliphatic rings. The number of benzene rings is 1. The average molecular weight is 358 g/mol. The van der Waals surface area contributed by atoms with E-state index in [9.17, 15) is 8.78 Å². The first-order chi connectivity index (χ1) is 12.7. The van der Waals surface area contributed by atoms with E-state index in [1.165, 1.54) is 0 Å². The number of nitrogens with zero attached hydrogens (tertiary/aromatic N) is 4. The SMILES string of the molecule is FC(F)Cn1ccc2c(OC3CCN(c4ccncn4)CC3)cccc21. The van der Waals surface area contributed by atoms with E-state index in [0.717, 1.165) is 48.4 Å². The Balaban J connectivity index is 1.44. The van der Waals surface area contributed by atoms with Crippen molar-refractivity contribution in [2.45, 2.75) is 31.9 Å². The van der Waals surface area contributed by atoms with Crippen LogP contribution in [-0.4, -0.2) is 40.2 Å². The molecule has 0 aliphatic carbocycles. The highest BCUT2D eigenvalue weighted by Gasteiger charge is 2.22. The van der Waals surface area contributed by atoms with Crippen LogP contribution in [0.5, 0.6) is 5.75 Å². The molecule has 0 spiro atoms. The van der Waals surface area contributed by atoms with Crippen molar-refractivity contribution in [3.8, 4) is 5.75 Å². The first-order valence-electron chi connectivity index (χ1n) is 8.74. The summed E-state index contributed by atoms with van der Waals surface area (Å²) in [6.07, 6.45) is 4.51. The van der Waals surface area contributed by atoms with Gasteiger partial charge >= 0.3 is 0 Å². The fourth-order valence-electron chi connectivity index (χ4n) is 3.46. The maximum absolute atomic E-state index is 12.7. The number of piperidine rings is 1. The van der Waals surface area contributed by atoms with Crippen molar-refractivity contribution >= 4 is 16.7 Å². The number of halogens is 2. The van der Waals surface area contributed by atoms with Crippen molar-refractivity contribution in [2.75, 3.05) is 18.0 Å². The second kappa shape index (κ2) is 7.27. The van der Waals surface area contributed by atoms with Gasteiger partial charge in [-0.3, -0.25) is 0 Å². The van der Waals surface area contributed by atoms with Crippen LogP contribution >= 0.6 is 0 Å². The molecule has 0 amide bonds. The van der Waals surface area contributed by atoms with E-state index < -0.39 is 6.43 Å². The Morgan fingerprint density at radius 2 is 2.00 bits per heavy atom. The number of aromatic nitrogens is 3. The molecule has 1 saturated heterocycles. The number of alkyl halides is 2. The fourth-order valence-corrected chi connectivity index (χ4v) is 3.46. The zero-order valence-corrected chi connectivity index (χ0v) is 14.3. The Labute approximate surface area is 150 Å². The van der Waals surface area contributed by atoms with E-state index in [1.807, 2.05) is 30.3 Å². The zero-order chi connectivity index (χ0) is 17.9. The van der Waals surface area contributed by atoms with Gasteiger partial charge in [-0.25, -0.2) is 18.7 Å². The van der Waals surface area contributed by atoms with Crippen LogP contribution in [0.4, 0.5) is 14.6 Å². The quantitative estimate of drug-likeness (QED) is 0.697. The highest BCUT2D eigenvalue weighted by Crippen LogP contribution is 2.30. The standard InChI is InChI=1S/C19H20F2N4O/c20-18(21)12-25-11-7-15-16(25)2-1-3-17(15)26-14-5-9-24(10-6-14)19-4-8-22-13-23-19/h1-4,7-8,11,13-14,18H,5-6,9-10,12H2. The minimum absolute atomic E-state index is 0.108. The van der Waals surface area contributed by atoms with Gasteiger partial charge in [0.2, 0.25) is 0 Å². The van der Waals surface area contributed by atoms with E-state index in [1.54, 1.807) is 23.3 Å². The van der Waals surface area contributed by atoms with Crippen molar-refractivity contribution in [1.29, 1.82) is 0 Å². The van der Waals surface area contributed by atoms with Crippen LogP contribution in [-0.2, 0) is 6.54 Å². The molecule has 4 rings (SSSR count). The van der Waals surface area contributed by atoms with Crippen LogP contribution < -0.4 is 9.64 Å². The average Bonchev–Trinajstić information content (AvgIpc) is 3.06. The smallest absolute Gasteiger partial charge is 0.256 e. The Hall–Kier alpha value is -2.70. The monoisotopic (exact) mass is 358 g/mol. The summed E-state index contributed by atoms with van der Waals surface area (Å²) in [4.78, 5) is 10.5. The molecule has 0 radical (unpaired) electrons. The Kier molecular flexibility index (Phi) is 4.69. The Morgan fingerprint density at radius 1 is 1.15 bits per heavy atom.